The zero-order valence-corrected chi connectivity index (χ0v) is 42.8. The van der Waals surface area contributed by atoms with Gasteiger partial charge in [0.15, 0.2) is 0 Å². The zero-order chi connectivity index (χ0) is 48.0. The van der Waals surface area contributed by atoms with Gasteiger partial charge in [0.2, 0.25) is 0 Å². The van der Waals surface area contributed by atoms with Crippen LogP contribution in [0, 0.1) is 37.5 Å². The Morgan fingerprint density at radius 2 is 1.18 bits per heavy atom. The van der Waals surface area contributed by atoms with Crippen molar-refractivity contribution in [2.45, 2.75) is 163 Å². The third-order valence-electron chi connectivity index (χ3n) is 7.43. The van der Waals surface area contributed by atoms with E-state index in [1.807, 2.05) is 89.4 Å². The van der Waals surface area contributed by atoms with Gasteiger partial charge in [0.1, 0.15) is 25.9 Å². The zero-order valence-electron chi connectivity index (χ0n) is 42.0. The van der Waals surface area contributed by atoms with Crippen LogP contribution in [0.4, 0.5) is 0 Å². The molecule has 0 atom stereocenters. The lowest BCUT2D eigenvalue weighted by Crippen LogP contribution is -1.95. The van der Waals surface area contributed by atoms with Crippen LogP contribution < -0.4 is 0 Å². The molecule has 13 heteroatoms. The molecule has 0 aliphatic carbocycles. The molecule has 12 nitrogen and oxygen atoms in total. The molecule has 0 unspecified atom stereocenters. The Morgan fingerprint density at radius 1 is 0.615 bits per heavy atom. The van der Waals surface area contributed by atoms with Crippen LogP contribution in [0.15, 0.2) is 89.1 Å². The highest BCUT2D eigenvalue weighted by Crippen LogP contribution is 2.10. The maximum atomic E-state index is 4.71. The summed E-state index contributed by atoms with van der Waals surface area (Å²) < 4.78 is 0. The predicted octanol–water partition coefficient (Wildman–Crippen LogP) is 14.3. The molecule has 0 amide bonds. The molecule has 5 rings (SSSR count). The van der Waals surface area contributed by atoms with Gasteiger partial charge in [-0.25, -0.2) is 24.9 Å². The molecule has 5 aromatic heterocycles. The first kappa shape index (κ1) is 66.6. The number of nitrogens with zero attached hydrogens (tertiary/aromatic N) is 10. The molecule has 65 heavy (non-hydrogen) atoms. The average Bonchev–Trinajstić information content (AvgIpc) is 3.75. The molecule has 0 aliphatic rings. The van der Waals surface area contributed by atoms with Gasteiger partial charge in [-0.15, -0.1) is 11.3 Å². The third kappa shape index (κ3) is 42.7. The van der Waals surface area contributed by atoms with Crippen LogP contribution >= 0.6 is 11.3 Å². The maximum Gasteiger partial charge on any atom is 0.130 e. The number of rotatable bonds is 12. The topological polar surface area (TPSA) is 146 Å². The van der Waals surface area contributed by atoms with E-state index in [1.54, 1.807) is 43.4 Å². The van der Waals surface area contributed by atoms with Gasteiger partial charge in [0, 0.05) is 72.8 Å². The standard InChI is InChI=1S/C9H13N.2C8H12N2.C7H10N2.C7H11NS.C6H13NO.C5H11NO.2CH4/c1-8(2)7-9-5-3-4-6-10-9;1-6(2)8-5-9-7(3)4-10-8;1-6(2)8-9-4-7(3)5-10-8;1-6(2)7-3-8-5-9-4-7;1-6(2)3-7-4-9-5-8-7;1-4-8-7-5-6(2)3;1-5(2)4-6-7-3;;/h3-6,8H,7H2,1-2H3;2*4-6H,1-3H3;3-6H,1-2H3;4-6H,3H2,1-2H3;5-6H,4H2,1-3H3;4-5H,1-3H3;2*1H4. The van der Waals surface area contributed by atoms with Crippen molar-refractivity contribution in [1.29, 1.82) is 0 Å². The van der Waals surface area contributed by atoms with Crippen LogP contribution in [0.25, 0.3) is 0 Å². The van der Waals surface area contributed by atoms with Crippen LogP contribution in [0.5, 0.6) is 0 Å². The molecule has 0 saturated carbocycles. The second kappa shape index (κ2) is 42.9. The van der Waals surface area contributed by atoms with Crippen molar-refractivity contribution in [1.82, 2.24) is 39.9 Å². The minimum Gasteiger partial charge on any atom is -0.399 e. The lowest BCUT2D eigenvalue weighted by Gasteiger charge is -2.01. The summed E-state index contributed by atoms with van der Waals surface area (Å²) in [6, 6.07) is 6.05. The maximum absolute atomic E-state index is 4.71. The fourth-order valence-corrected chi connectivity index (χ4v) is 4.70. The van der Waals surface area contributed by atoms with Gasteiger partial charge in [-0.2, -0.15) is 0 Å². The number of hydrogen-bond donors (Lipinski definition) is 0. The first-order valence-electron chi connectivity index (χ1n) is 22.1. The second-order valence-electron chi connectivity index (χ2n) is 16.9. The molecule has 366 valence electrons. The highest BCUT2D eigenvalue weighted by molar-refractivity contribution is 7.07. The Balaban J connectivity index is -0.000000333. The van der Waals surface area contributed by atoms with E-state index in [1.165, 1.54) is 17.0 Å². The lowest BCUT2D eigenvalue weighted by molar-refractivity contribution is 0.159. The molecular formula is C52H90N10O2S. The van der Waals surface area contributed by atoms with Crippen LogP contribution in [0.3, 0.4) is 0 Å². The van der Waals surface area contributed by atoms with E-state index in [9.17, 15) is 0 Å². The van der Waals surface area contributed by atoms with E-state index in [2.05, 4.69) is 150 Å². The van der Waals surface area contributed by atoms with Crippen molar-refractivity contribution in [3.63, 3.8) is 0 Å². The van der Waals surface area contributed by atoms with Gasteiger partial charge in [0.05, 0.1) is 22.6 Å². The summed E-state index contributed by atoms with van der Waals surface area (Å²) in [5.41, 5.74) is 8.65. The van der Waals surface area contributed by atoms with Crippen LogP contribution in [0.1, 0.15) is 176 Å². The smallest absolute Gasteiger partial charge is 0.130 e. The first-order valence-corrected chi connectivity index (χ1v) is 23.1. The first-order chi connectivity index (χ1) is 29.8. The quantitative estimate of drug-likeness (QED) is 0.0875. The van der Waals surface area contributed by atoms with Crippen LogP contribution in [0.2, 0.25) is 0 Å². The molecular weight excluding hydrogens is 829 g/mol. The molecule has 0 N–H and O–H groups in total. The van der Waals surface area contributed by atoms with Crippen molar-refractivity contribution in [3.8, 4) is 0 Å². The summed E-state index contributed by atoms with van der Waals surface area (Å²) in [5.74, 6) is 4.77. The third-order valence-corrected chi connectivity index (χ3v) is 8.06. The highest BCUT2D eigenvalue weighted by Gasteiger charge is 2.01. The minimum absolute atomic E-state index is 0. The molecule has 0 fully saturated rings. The van der Waals surface area contributed by atoms with Gasteiger partial charge in [-0.05, 0) is 92.4 Å². The molecule has 5 aromatic rings. The van der Waals surface area contributed by atoms with Gasteiger partial charge in [-0.3, -0.25) is 15.0 Å². The summed E-state index contributed by atoms with van der Waals surface area (Å²) in [6.45, 7) is 36.2. The Kier molecular flexibility index (Phi) is 43.9. The number of thiazole rings is 1. The van der Waals surface area contributed by atoms with E-state index in [4.69, 9.17) is 4.84 Å². The predicted molar refractivity (Wildman–Crippen MR) is 280 cm³/mol. The molecule has 0 aromatic carbocycles. The van der Waals surface area contributed by atoms with Crippen molar-refractivity contribution in [2.75, 3.05) is 13.7 Å². The number of aryl methyl sites for hydroxylation is 2. The van der Waals surface area contributed by atoms with Crippen molar-refractivity contribution in [2.24, 2.45) is 34.0 Å². The van der Waals surface area contributed by atoms with Crippen molar-refractivity contribution in [3.05, 3.63) is 119 Å². The summed E-state index contributed by atoms with van der Waals surface area (Å²) in [7, 11) is 1.54. The Morgan fingerprint density at radius 3 is 1.55 bits per heavy atom. The fourth-order valence-electron chi connectivity index (χ4n) is 4.13. The second-order valence-corrected chi connectivity index (χ2v) is 17.6. The summed E-state index contributed by atoms with van der Waals surface area (Å²) in [5, 5.41) is 9.32. The van der Waals surface area contributed by atoms with Crippen molar-refractivity contribution < 1.29 is 9.68 Å². The van der Waals surface area contributed by atoms with E-state index < -0.39 is 0 Å². The lowest BCUT2D eigenvalue weighted by atomic mass is 10.1. The summed E-state index contributed by atoms with van der Waals surface area (Å²) in [4.78, 5) is 42.0. The van der Waals surface area contributed by atoms with Crippen LogP contribution in [-0.4, -0.2) is 66.0 Å². The molecule has 0 bridgehead atoms. The fraction of sp³-hybridized carbons (Fsp3) is 0.577. The molecule has 5 heterocycles. The van der Waals surface area contributed by atoms with E-state index >= 15 is 0 Å². The largest absolute Gasteiger partial charge is 0.399 e. The van der Waals surface area contributed by atoms with Gasteiger partial charge >= 0.3 is 0 Å². The Hall–Kier alpha value is -5.04. The molecule has 0 aliphatic heterocycles. The molecule has 0 radical (unpaired) electrons. The van der Waals surface area contributed by atoms with E-state index in [0.717, 1.165) is 41.5 Å². The number of hydrogen-bond acceptors (Lipinski definition) is 13. The highest BCUT2D eigenvalue weighted by atomic mass is 32.1. The normalized spacial score (nSPS) is 10.2. The monoisotopic (exact) mass is 919 g/mol. The SMILES string of the molecule is C.C.CC(C)Cc1ccccn1.CC(C)Cc1cscn1.CC(C)c1cncnc1.CCON=CC(C)C.CON=CC(C)C.Cc1cnc(C(C)C)cn1.Cc1cnc(C(C)C)nc1. The molecule has 0 spiro atoms. The van der Waals surface area contributed by atoms with E-state index in [-0.39, 0.29) is 14.9 Å². The number of aromatic nitrogens is 8. The summed E-state index contributed by atoms with van der Waals surface area (Å²) in [6.07, 6.45) is 20.1. The minimum atomic E-state index is 0. The van der Waals surface area contributed by atoms with E-state index in [0.29, 0.717) is 42.1 Å². The number of oxime groups is 2. The molecule has 0 saturated heterocycles. The Labute approximate surface area is 401 Å². The van der Waals surface area contributed by atoms with Crippen molar-refractivity contribution >= 4 is 23.8 Å². The Bertz CT molecular complexity index is 1720. The van der Waals surface area contributed by atoms with Gasteiger partial charge in [0.25, 0.3) is 0 Å². The van der Waals surface area contributed by atoms with Gasteiger partial charge < -0.3 is 9.68 Å². The van der Waals surface area contributed by atoms with Crippen LogP contribution in [-0.2, 0) is 22.5 Å². The summed E-state index contributed by atoms with van der Waals surface area (Å²) >= 11 is 1.67. The average molecular weight is 919 g/mol. The number of pyridine rings is 1. The van der Waals surface area contributed by atoms with Gasteiger partial charge in [-0.1, -0.05) is 128 Å².